The van der Waals surface area contributed by atoms with E-state index < -0.39 is 0 Å². The SMILES string of the molecule is CC(C)C1CC(N[C@H](C)c2ccccc2Br)CCO1. The Morgan fingerprint density at radius 2 is 2.00 bits per heavy atom. The molecule has 19 heavy (non-hydrogen) atoms. The zero-order valence-electron chi connectivity index (χ0n) is 12.0. The van der Waals surface area contributed by atoms with Gasteiger partial charge in [-0.05, 0) is 37.3 Å². The monoisotopic (exact) mass is 325 g/mol. The van der Waals surface area contributed by atoms with E-state index in [0.717, 1.165) is 19.4 Å². The third kappa shape index (κ3) is 4.04. The van der Waals surface area contributed by atoms with E-state index in [1.807, 2.05) is 0 Å². The number of ether oxygens (including phenoxy) is 1. The highest BCUT2D eigenvalue weighted by atomic mass is 79.9. The second kappa shape index (κ2) is 6.87. The van der Waals surface area contributed by atoms with Crippen molar-refractivity contribution in [2.45, 2.75) is 51.8 Å². The molecule has 1 saturated heterocycles. The first-order valence-corrected chi connectivity index (χ1v) is 7.99. The molecule has 2 nitrogen and oxygen atoms in total. The van der Waals surface area contributed by atoms with Crippen LogP contribution in [-0.2, 0) is 4.74 Å². The van der Waals surface area contributed by atoms with Gasteiger partial charge in [0.15, 0.2) is 0 Å². The number of halogens is 1. The van der Waals surface area contributed by atoms with Crippen LogP contribution in [0.5, 0.6) is 0 Å². The van der Waals surface area contributed by atoms with Crippen molar-refractivity contribution in [1.29, 1.82) is 0 Å². The van der Waals surface area contributed by atoms with Gasteiger partial charge in [-0.1, -0.05) is 48.0 Å². The first kappa shape index (κ1) is 15.0. The molecule has 1 aliphatic rings. The van der Waals surface area contributed by atoms with Crippen LogP contribution < -0.4 is 5.32 Å². The fourth-order valence-corrected chi connectivity index (χ4v) is 3.34. The summed E-state index contributed by atoms with van der Waals surface area (Å²) in [5, 5.41) is 3.75. The van der Waals surface area contributed by atoms with Gasteiger partial charge in [0.2, 0.25) is 0 Å². The zero-order valence-corrected chi connectivity index (χ0v) is 13.6. The zero-order chi connectivity index (χ0) is 13.8. The van der Waals surface area contributed by atoms with Crippen molar-refractivity contribution >= 4 is 15.9 Å². The first-order chi connectivity index (χ1) is 9.08. The molecule has 0 aliphatic carbocycles. The second-order valence-electron chi connectivity index (χ2n) is 5.78. The van der Waals surface area contributed by atoms with Crippen LogP contribution in [0.2, 0.25) is 0 Å². The summed E-state index contributed by atoms with van der Waals surface area (Å²) < 4.78 is 7.01. The topological polar surface area (TPSA) is 21.3 Å². The molecule has 106 valence electrons. The summed E-state index contributed by atoms with van der Waals surface area (Å²) in [6.45, 7) is 7.59. The standard InChI is InChI=1S/C16H24BrNO/c1-11(2)16-10-13(8-9-19-16)18-12(3)14-6-4-5-7-15(14)17/h4-7,11-13,16,18H,8-10H2,1-3H3/t12-,13?,16?/m1/s1. The van der Waals surface area contributed by atoms with E-state index in [1.54, 1.807) is 0 Å². The highest BCUT2D eigenvalue weighted by molar-refractivity contribution is 9.10. The maximum absolute atomic E-state index is 5.83. The van der Waals surface area contributed by atoms with Crippen LogP contribution in [0.25, 0.3) is 0 Å². The summed E-state index contributed by atoms with van der Waals surface area (Å²) in [4.78, 5) is 0. The molecule has 2 unspecified atom stereocenters. The van der Waals surface area contributed by atoms with Gasteiger partial charge in [-0.25, -0.2) is 0 Å². The lowest BCUT2D eigenvalue weighted by Gasteiger charge is -2.34. The largest absolute Gasteiger partial charge is 0.378 e. The summed E-state index contributed by atoms with van der Waals surface area (Å²) in [6, 6.07) is 9.37. The van der Waals surface area contributed by atoms with Gasteiger partial charge < -0.3 is 10.1 Å². The van der Waals surface area contributed by atoms with Crippen LogP contribution in [0.4, 0.5) is 0 Å². The minimum absolute atomic E-state index is 0.367. The Bertz CT molecular complexity index is 407. The molecular weight excluding hydrogens is 302 g/mol. The van der Waals surface area contributed by atoms with Gasteiger partial charge >= 0.3 is 0 Å². The molecule has 1 aromatic rings. The first-order valence-electron chi connectivity index (χ1n) is 7.20. The molecule has 0 aromatic heterocycles. The highest BCUT2D eigenvalue weighted by Gasteiger charge is 2.26. The molecular formula is C16H24BrNO. The summed E-state index contributed by atoms with van der Waals surface area (Å²) in [5.74, 6) is 0.600. The minimum Gasteiger partial charge on any atom is -0.378 e. The van der Waals surface area contributed by atoms with Crippen LogP contribution in [0.1, 0.15) is 45.2 Å². The fourth-order valence-electron chi connectivity index (χ4n) is 2.71. The van der Waals surface area contributed by atoms with Crippen molar-refractivity contribution in [2.24, 2.45) is 5.92 Å². The molecule has 0 saturated carbocycles. The Hall–Kier alpha value is -0.380. The van der Waals surface area contributed by atoms with Crippen molar-refractivity contribution in [3.05, 3.63) is 34.3 Å². The Kier molecular flexibility index (Phi) is 5.43. The van der Waals surface area contributed by atoms with Gasteiger partial charge in [0.05, 0.1) is 6.10 Å². The normalized spacial score (nSPS) is 25.5. The number of hydrogen-bond acceptors (Lipinski definition) is 2. The quantitative estimate of drug-likeness (QED) is 0.890. The Morgan fingerprint density at radius 1 is 1.26 bits per heavy atom. The molecule has 0 radical (unpaired) electrons. The maximum atomic E-state index is 5.83. The molecule has 1 aromatic carbocycles. The summed E-state index contributed by atoms with van der Waals surface area (Å²) in [6.07, 6.45) is 2.63. The van der Waals surface area contributed by atoms with Gasteiger partial charge in [-0.3, -0.25) is 0 Å². The van der Waals surface area contributed by atoms with E-state index in [-0.39, 0.29) is 0 Å². The minimum atomic E-state index is 0.367. The Balaban J connectivity index is 1.95. The Morgan fingerprint density at radius 3 is 2.68 bits per heavy atom. The van der Waals surface area contributed by atoms with E-state index in [2.05, 4.69) is 66.3 Å². The van der Waals surface area contributed by atoms with Crippen molar-refractivity contribution < 1.29 is 4.74 Å². The van der Waals surface area contributed by atoms with Gasteiger partial charge in [0.25, 0.3) is 0 Å². The van der Waals surface area contributed by atoms with Crippen LogP contribution in [0.15, 0.2) is 28.7 Å². The fraction of sp³-hybridized carbons (Fsp3) is 0.625. The highest BCUT2D eigenvalue weighted by Crippen LogP contribution is 2.26. The lowest BCUT2D eigenvalue weighted by atomic mass is 9.94. The van der Waals surface area contributed by atoms with Crippen molar-refractivity contribution in [3.8, 4) is 0 Å². The molecule has 2 rings (SSSR count). The van der Waals surface area contributed by atoms with E-state index in [1.165, 1.54) is 10.0 Å². The van der Waals surface area contributed by atoms with Crippen molar-refractivity contribution in [2.75, 3.05) is 6.61 Å². The predicted molar refractivity (Wildman–Crippen MR) is 83.3 cm³/mol. The van der Waals surface area contributed by atoms with Gasteiger partial charge in [0, 0.05) is 23.2 Å². The smallest absolute Gasteiger partial charge is 0.0612 e. The third-order valence-electron chi connectivity index (χ3n) is 3.92. The van der Waals surface area contributed by atoms with Crippen LogP contribution >= 0.6 is 15.9 Å². The van der Waals surface area contributed by atoms with E-state index in [4.69, 9.17) is 4.74 Å². The van der Waals surface area contributed by atoms with Crippen LogP contribution in [0, 0.1) is 5.92 Å². The number of rotatable bonds is 4. The molecule has 0 spiro atoms. The average Bonchev–Trinajstić information content (AvgIpc) is 2.39. The molecule has 0 amide bonds. The predicted octanol–water partition coefficient (Wildman–Crippen LogP) is 4.30. The number of hydrogen-bond donors (Lipinski definition) is 1. The summed E-state index contributed by atoms with van der Waals surface area (Å²) >= 11 is 3.63. The maximum Gasteiger partial charge on any atom is 0.0612 e. The lowest BCUT2D eigenvalue weighted by Crippen LogP contribution is -2.41. The number of benzene rings is 1. The van der Waals surface area contributed by atoms with Gasteiger partial charge in [-0.2, -0.15) is 0 Å². The Labute approximate surface area is 125 Å². The van der Waals surface area contributed by atoms with Crippen LogP contribution in [0.3, 0.4) is 0 Å². The van der Waals surface area contributed by atoms with E-state index in [9.17, 15) is 0 Å². The van der Waals surface area contributed by atoms with Gasteiger partial charge in [-0.15, -0.1) is 0 Å². The van der Waals surface area contributed by atoms with Crippen molar-refractivity contribution in [3.63, 3.8) is 0 Å². The summed E-state index contributed by atoms with van der Waals surface area (Å²) in [5.41, 5.74) is 1.33. The molecule has 1 heterocycles. The molecule has 0 bridgehead atoms. The third-order valence-corrected chi connectivity index (χ3v) is 4.64. The molecule has 1 aliphatic heterocycles. The molecule has 3 atom stereocenters. The number of nitrogens with one attached hydrogen (secondary N) is 1. The van der Waals surface area contributed by atoms with Crippen molar-refractivity contribution in [1.82, 2.24) is 5.32 Å². The van der Waals surface area contributed by atoms with Gasteiger partial charge in [0.1, 0.15) is 0 Å². The second-order valence-corrected chi connectivity index (χ2v) is 6.64. The molecule has 1 N–H and O–H groups in total. The average molecular weight is 326 g/mol. The summed E-state index contributed by atoms with van der Waals surface area (Å²) in [7, 11) is 0. The lowest BCUT2D eigenvalue weighted by molar-refractivity contribution is -0.0257. The molecule has 1 fully saturated rings. The van der Waals surface area contributed by atoms with Crippen LogP contribution in [-0.4, -0.2) is 18.8 Å². The molecule has 3 heteroatoms. The van der Waals surface area contributed by atoms with E-state index >= 15 is 0 Å². The van der Waals surface area contributed by atoms with E-state index in [0.29, 0.717) is 24.1 Å².